The van der Waals surface area contributed by atoms with Gasteiger partial charge in [-0.1, -0.05) is 64.7 Å². The molecule has 6 heteroatoms. The summed E-state index contributed by atoms with van der Waals surface area (Å²) in [6, 6.07) is 0. The third-order valence-corrected chi connectivity index (χ3v) is 6.75. The third kappa shape index (κ3) is 13.4. The van der Waals surface area contributed by atoms with Crippen LogP contribution in [-0.4, -0.2) is 34.6 Å². The topological polar surface area (TPSA) is 104 Å². The van der Waals surface area contributed by atoms with Crippen molar-refractivity contribution in [1.29, 1.82) is 0 Å². The van der Waals surface area contributed by atoms with E-state index in [1.807, 2.05) is 0 Å². The first-order valence-electron chi connectivity index (χ1n) is 12.7. The summed E-state index contributed by atoms with van der Waals surface area (Å²) in [5, 5.41) is 20.5. The summed E-state index contributed by atoms with van der Waals surface area (Å²) in [6.45, 7) is 2.94. The molecule has 0 bridgehead atoms. The fourth-order valence-corrected chi connectivity index (χ4v) is 4.55. The number of hydrogen-bond acceptors (Lipinski definition) is 3. The first-order valence-corrected chi connectivity index (χ1v) is 12.7. The summed E-state index contributed by atoms with van der Waals surface area (Å²) in [6.07, 6.45) is 17.8. The molecule has 0 radical (unpaired) electrons. The number of carbonyl (C=O) groups excluding carboxylic acids is 1. The van der Waals surface area contributed by atoms with Crippen LogP contribution in [0.5, 0.6) is 0 Å². The molecule has 0 spiro atoms. The minimum absolute atomic E-state index is 0.0289. The van der Waals surface area contributed by atoms with Gasteiger partial charge in [0.2, 0.25) is 5.91 Å². The Labute approximate surface area is 188 Å². The Morgan fingerprint density at radius 2 is 1.23 bits per heavy atom. The molecule has 0 unspecified atom stereocenters. The van der Waals surface area contributed by atoms with E-state index in [1.165, 1.54) is 38.5 Å². The molecule has 2 aliphatic rings. The van der Waals surface area contributed by atoms with Gasteiger partial charge in [-0.05, 0) is 50.9 Å². The van der Waals surface area contributed by atoms with Gasteiger partial charge in [0, 0.05) is 13.0 Å². The van der Waals surface area contributed by atoms with Gasteiger partial charge in [-0.2, -0.15) is 0 Å². The van der Waals surface area contributed by atoms with Gasteiger partial charge < -0.3 is 15.5 Å². The number of hydrogen-bond donors (Lipinski definition) is 3. The summed E-state index contributed by atoms with van der Waals surface area (Å²) < 4.78 is 0. The Morgan fingerprint density at radius 3 is 1.74 bits per heavy atom. The van der Waals surface area contributed by atoms with Crippen LogP contribution < -0.4 is 5.32 Å². The van der Waals surface area contributed by atoms with E-state index in [0.717, 1.165) is 70.8 Å². The van der Waals surface area contributed by atoms with Crippen LogP contribution in [0.15, 0.2) is 0 Å². The lowest BCUT2D eigenvalue weighted by molar-refractivity contribution is -0.143. The Kier molecular flexibility index (Phi) is 15.1. The number of carboxylic acid groups (broad SMARTS) is 2. The SMILES string of the molecule is CCCCCCCCCC(=O)NCC1CCC(C(=O)O)CC1.O=C(O)C1CCCCC1. The van der Waals surface area contributed by atoms with Gasteiger partial charge >= 0.3 is 11.9 Å². The summed E-state index contributed by atoms with van der Waals surface area (Å²) in [7, 11) is 0. The molecule has 1 amide bonds. The Balaban J connectivity index is 0.000000442. The molecule has 31 heavy (non-hydrogen) atoms. The molecule has 3 N–H and O–H groups in total. The summed E-state index contributed by atoms with van der Waals surface area (Å²) in [5.41, 5.74) is 0. The molecule has 0 atom stereocenters. The number of unbranched alkanes of at least 4 members (excludes halogenated alkanes) is 6. The van der Waals surface area contributed by atoms with Crippen LogP contribution >= 0.6 is 0 Å². The molecule has 0 aliphatic heterocycles. The lowest BCUT2D eigenvalue weighted by Crippen LogP contribution is -2.32. The standard InChI is InChI=1S/C18H33NO3.C7H12O2/c1-2-3-4-5-6-7-8-9-17(20)19-14-15-10-12-16(13-11-15)18(21)22;8-7(9)6-4-2-1-3-5-6/h15-16H,2-14H2,1H3,(H,19,20)(H,21,22);6H,1-5H2,(H,8,9). The van der Waals surface area contributed by atoms with Crippen molar-refractivity contribution in [2.24, 2.45) is 17.8 Å². The van der Waals surface area contributed by atoms with Crippen LogP contribution in [0.2, 0.25) is 0 Å². The molecule has 0 heterocycles. The second-order valence-corrected chi connectivity index (χ2v) is 9.40. The van der Waals surface area contributed by atoms with E-state index < -0.39 is 11.9 Å². The monoisotopic (exact) mass is 439 g/mol. The Hall–Kier alpha value is -1.59. The maximum absolute atomic E-state index is 11.8. The predicted molar refractivity (Wildman–Crippen MR) is 123 cm³/mol. The number of nitrogens with one attached hydrogen (secondary N) is 1. The highest BCUT2D eigenvalue weighted by Crippen LogP contribution is 2.28. The first-order chi connectivity index (χ1) is 14.9. The number of amides is 1. The van der Waals surface area contributed by atoms with Gasteiger partial charge in [0.25, 0.3) is 0 Å². The van der Waals surface area contributed by atoms with E-state index in [2.05, 4.69) is 12.2 Å². The molecular formula is C25H45NO5. The maximum atomic E-state index is 11.8. The van der Waals surface area contributed by atoms with Gasteiger partial charge in [0.15, 0.2) is 0 Å². The highest BCUT2D eigenvalue weighted by Gasteiger charge is 2.25. The predicted octanol–water partition coefficient (Wildman–Crippen LogP) is 5.79. The molecule has 180 valence electrons. The molecule has 2 aliphatic carbocycles. The van der Waals surface area contributed by atoms with E-state index in [4.69, 9.17) is 10.2 Å². The molecule has 0 aromatic carbocycles. The largest absolute Gasteiger partial charge is 0.481 e. The van der Waals surface area contributed by atoms with Crippen molar-refractivity contribution in [3.05, 3.63) is 0 Å². The van der Waals surface area contributed by atoms with Gasteiger partial charge in [-0.3, -0.25) is 14.4 Å². The minimum atomic E-state index is -0.665. The van der Waals surface area contributed by atoms with Crippen LogP contribution in [0.3, 0.4) is 0 Å². The second kappa shape index (κ2) is 17.0. The number of rotatable bonds is 12. The van der Waals surface area contributed by atoms with E-state index in [1.54, 1.807) is 0 Å². The lowest BCUT2D eigenvalue weighted by Gasteiger charge is -2.26. The summed E-state index contributed by atoms with van der Waals surface area (Å²) in [4.78, 5) is 33.0. The molecule has 2 rings (SSSR count). The molecule has 2 saturated carbocycles. The van der Waals surface area contributed by atoms with Gasteiger partial charge in [0.05, 0.1) is 11.8 Å². The quantitative estimate of drug-likeness (QED) is 0.334. The normalized spacial score (nSPS) is 21.6. The number of aliphatic carboxylic acids is 2. The zero-order valence-electron chi connectivity index (χ0n) is 19.6. The van der Waals surface area contributed by atoms with Crippen molar-refractivity contribution in [1.82, 2.24) is 5.32 Å². The second-order valence-electron chi connectivity index (χ2n) is 9.40. The van der Waals surface area contributed by atoms with E-state index in [9.17, 15) is 14.4 Å². The van der Waals surface area contributed by atoms with Crippen molar-refractivity contribution in [2.45, 2.75) is 116 Å². The van der Waals surface area contributed by atoms with Gasteiger partial charge in [-0.25, -0.2) is 0 Å². The lowest BCUT2D eigenvalue weighted by atomic mass is 9.82. The average Bonchev–Trinajstić information content (AvgIpc) is 2.78. The van der Waals surface area contributed by atoms with E-state index in [0.29, 0.717) is 12.3 Å². The summed E-state index contributed by atoms with van der Waals surface area (Å²) >= 11 is 0. The molecule has 0 aromatic rings. The van der Waals surface area contributed by atoms with Crippen molar-refractivity contribution < 1.29 is 24.6 Å². The van der Waals surface area contributed by atoms with Crippen molar-refractivity contribution >= 4 is 17.8 Å². The van der Waals surface area contributed by atoms with Crippen LogP contribution in [0, 0.1) is 17.8 Å². The molecule has 2 fully saturated rings. The summed E-state index contributed by atoms with van der Waals surface area (Å²) in [5.74, 6) is -0.836. The Bertz CT molecular complexity index is 508. The maximum Gasteiger partial charge on any atom is 0.306 e. The van der Waals surface area contributed by atoms with Crippen LogP contribution in [0.25, 0.3) is 0 Å². The average molecular weight is 440 g/mol. The van der Waals surface area contributed by atoms with Crippen LogP contribution in [0.1, 0.15) is 116 Å². The Morgan fingerprint density at radius 1 is 0.710 bits per heavy atom. The molecule has 0 saturated heterocycles. The third-order valence-electron chi connectivity index (χ3n) is 6.75. The molecule has 6 nitrogen and oxygen atoms in total. The first kappa shape index (κ1) is 27.4. The van der Waals surface area contributed by atoms with Crippen LogP contribution in [0.4, 0.5) is 0 Å². The van der Waals surface area contributed by atoms with E-state index >= 15 is 0 Å². The number of carbonyl (C=O) groups is 3. The highest BCUT2D eigenvalue weighted by molar-refractivity contribution is 5.75. The minimum Gasteiger partial charge on any atom is -0.481 e. The fourth-order valence-electron chi connectivity index (χ4n) is 4.55. The van der Waals surface area contributed by atoms with Gasteiger partial charge in [0.1, 0.15) is 0 Å². The molecule has 0 aromatic heterocycles. The molecular weight excluding hydrogens is 394 g/mol. The zero-order chi connectivity index (χ0) is 22.9. The van der Waals surface area contributed by atoms with Crippen molar-refractivity contribution in [3.8, 4) is 0 Å². The zero-order valence-corrected chi connectivity index (χ0v) is 19.6. The van der Waals surface area contributed by atoms with Crippen molar-refractivity contribution in [3.63, 3.8) is 0 Å². The van der Waals surface area contributed by atoms with Crippen LogP contribution in [-0.2, 0) is 14.4 Å². The fraction of sp³-hybridized carbons (Fsp3) is 0.880. The highest BCUT2D eigenvalue weighted by atomic mass is 16.4. The van der Waals surface area contributed by atoms with E-state index in [-0.39, 0.29) is 17.7 Å². The smallest absolute Gasteiger partial charge is 0.306 e. The van der Waals surface area contributed by atoms with Gasteiger partial charge in [-0.15, -0.1) is 0 Å². The number of carboxylic acids is 2. The van der Waals surface area contributed by atoms with Crippen molar-refractivity contribution in [2.75, 3.05) is 6.54 Å².